The quantitative estimate of drug-likeness (QED) is 0.701. The molecule has 0 aliphatic heterocycles. The second-order valence-electron chi connectivity index (χ2n) is 6.41. The molecule has 1 N–H and O–H groups in total. The fourth-order valence-electron chi connectivity index (χ4n) is 2.74. The van der Waals surface area contributed by atoms with Gasteiger partial charge in [0.1, 0.15) is 5.58 Å². The highest BCUT2D eigenvalue weighted by molar-refractivity contribution is 5.99. The van der Waals surface area contributed by atoms with Crippen LogP contribution in [0.1, 0.15) is 34.2 Å². The molecule has 0 unspecified atom stereocenters. The summed E-state index contributed by atoms with van der Waals surface area (Å²) in [6, 6.07) is 13.2. The van der Waals surface area contributed by atoms with Gasteiger partial charge in [-0.3, -0.25) is 4.79 Å². The van der Waals surface area contributed by atoms with Crippen LogP contribution in [-0.4, -0.2) is 18.0 Å². The molecule has 3 aromatic rings. The van der Waals surface area contributed by atoms with E-state index in [0.717, 1.165) is 16.5 Å². The molecule has 1 amide bonds. The van der Waals surface area contributed by atoms with E-state index in [9.17, 15) is 9.59 Å². The van der Waals surface area contributed by atoms with Gasteiger partial charge >= 0.3 is 5.97 Å². The lowest BCUT2D eigenvalue weighted by Gasteiger charge is -2.14. The van der Waals surface area contributed by atoms with Gasteiger partial charge in [0.15, 0.2) is 6.10 Å². The van der Waals surface area contributed by atoms with E-state index >= 15 is 0 Å². The van der Waals surface area contributed by atoms with Gasteiger partial charge in [-0.15, -0.1) is 0 Å². The van der Waals surface area contributed by atoms with Crippen LogP contribution in [0.4, 0.5) is 5.69 Å². The van der Waals surface area contributed by atoms with Gasteiger partial charge in [0.25, 0.3) is 5.91 Å². The zero-order valence-corrected chi connectivity index (χ0v) is 15.3. The van der Waals surface area contributed by atoms with Gasteiger partial charge in [-0.05, 0) is 51.0 Å². The first kappa shape index (κ1) is 17.7. The summed E-state index contributed by atoms with van der Waals surface area (Å²) in [6.07, 6.45) is -0.949. The maximum absolute atomic E-state index is 12.4. The first-order chi connectivity index (χ1) is 12.4. The number of nitrogens with one attached hydrogen (secondary N) is 1. The molecule has 0 aliphatic rings. The van der Waals surface area contributed by atoms with Crippen molar-refractivity contribution in [2.75, 3.05) is 5.32 Å². The highest BCUT2D eigenvalue weighted by Gasteiger charge is 2.24. The van der Waals surface area contributed by atoms with E-state index in [1.54, 1.807) is 13.0 Å². The maximum atomic E-state index is 12.4. The van der Waals surface area contributed by atoms with Crippen molar-refractivity contribution in [2.45, 2.75) is 33.8 Å². The second-order valence-corrected chi connectivity index (χ2v) is 6.41. The number of carbonyl (C=O) groups excluding carboxylic acids is 2. The Morgan fingerprint density at radius 1 is 1.08 bits per heavy atom. The third-order valence-electron chi connectivity index (χ3n) is 4.33. The van der Waals surface area contributed by atoms with E-state index in [1.807, 2.05) is 50.2 Å². The van der Waals surface area contributed by atoms with Crippen LogP contribution in [0.15, 0.2) is 46.9 Å². The van der Waals surface area contributed by atoms with Crippen LogP contribution in [-0.2, 0) is 9.53 Å². The number of hydrogen-bond donors (Lipinski definition) is 1. The van der Waals surface area contributed by atoms with Crippen molar-refractivity contribution in [1.82, 2.24) is 0 Å². The smallest absolute Gasteiger partial charge is 0.375 e. The summed E-state index contributed by atoms with van der Waals surface area (Å²) in [5, 5.41) is 3.66. The number of benzene rings is 2. The van der Waals surface area contributed by atoms with Gasteiger partial charge in [0.2, 0.25) is 5.76 Å². The molecular formula is C21H21NO4. The predicted molar refractivity (Wildman–Crippen MR) is 100 cm³/mol. The van der Waals surface area contributed by atoms with E-state index in [4.69, 9.17) is 9.15 Å². The van der Waals surface area contributed by atoms with E-state index < -0.39 is 12.1 Å². The molecule has 26 heavy (non-hydrogen) atoms. The zero-order chi connectivity index (χ0) is 18.8. The highest BCUT2D eigenvalue weighted by atomic mass is 16.6. The molecule has 0 radical (unpaired) electrons. The van der Waals surface area contributed by atoms with Crippen LogP contribution >= 0.6 is 0 Å². The first-order valence-electron chi connectivity index (χ1n) is 8.44. The van der Waals surface area contributed by atoms with Crippen molar-refractivity contribution >= 4 is 28.5 Å². The lowest BCUT2D eigenvalue weighted by molar-refractivity contribution is -0.123. The van der Waals surface area contributed by atoms with Crippen molar-refractivity contribution in [1.29, 1.82) is 0 Å². The lowest BCUT2D eigenvalue weighted by Crippen LogP contribution is -2.30. The average Bonchev–Trinajstić information content (AvgIpc) is 2.95. The standard InChI is InChI=1S/C21H21NO4/c1-12-9-10-13(2)17(11-12)22-20(23)15(4)25-21(24)19-14(3)16-7-5-6-8-18(16)26-19/h5-11,15H,1-4H3,(H,22,23)/t15-/m1/s1. The van der Waals surface area contributed by atoms with E-state index in [-0.39, 0.29) is 11.7 Å². The van der Waals surface area contributed by atoms with Gasteiger partial charge in [-0.2, -0.15) is 0 Å². The minimum absolute atomic E-state index is 0.123. The Balaban J connectivity index is 1.73. The van der Waals surface area contributed by atoms with Crippen LogP contribution < -0.4 is 5.32 Å². The van der Waals surface area contributed by atoms with Gasteiger partial charge in [0, 0.05) is 16.6 Å². The normalized spacial score (nSPS) is 12.0. The lowest BCUT2D eigenvalue weighted by atomic mass is 10.1. The number of hydrogen-bond acceptors (Lipinski definition) is 4. The van der Waals surface area contributed by atoms with Crippen molar-refractivity contribution in [3.05, 3.63) is 64.9 Å². The Hall–Kier alpha value is -3.08. The van der Waals surface area contributed by atoms with E-state index in [1.165, 1.54) is 6.92 Å². The van der Waals surface area contributed by atoms with Crippen molar-refractivity contribution < 1.29 is 18.7 Å². The molecule has 1 aromatic heterocycles. The second kappa shape index (κ2) is 7.04. The summed E-state index contributed by atoms with van der Waals surface area (Å²) in [5.74, 6) is -0.916. The summed E-state index contributed by atoms with van der Waals surface area (Å²) in [5.41, 5.74) is 4.00. The van der Waals surface area contributed by atoms with E-state index in [2.05, 4.69) is 5.32 Å². The van der Waals surface area contributed by atoms with Gasteiger partial charge in [0.05, 0.1) is 0 Å². The van der Waals surface area contributed by atoms with Crippen LogP contribution in [0.5, 0.6) is 0 Å². The van der Waals surface area contributed by atoms with Gasteiger partial charge < -0.3 is 14.5 Å². The predicted octanol–water partition coefficient (Wildman–Crippen LogP) is 4.54. The highest BCUT2D eigenvalue weighted by Crippen LogP contribution is 2.26. The number of furan rings is 1. The zero-order valence-electron chi connectivity index (χ0n) is 15.3. The summed E-state index contributed by atoms with van der Waals surface area (Å²) in [6.45, 7) is 7.19. The largest absolute Gasteiger partial charge is 0.449 e. The summed E-state index contributed by atoms with van der Waals surface area (Å²) >= 11 is 0. The number of aryl methyl sites for hydroxylation is 3. The Bertz CT molecular complexity index is 987. The molecule has 1 heterocycles. The number of esters is 1. The molecule has 2 aromatic carbocycles. The van der Waals surface area contributed by atoms with Crippen LogP contribution in [0.2, 0.25) is 0 Å². The third-order valence-corrected chi connectivity index (χ3v) is 4.33. The number of ether oxygens (including phenoxy) is 1. The molecule has 134 valence electrons. The molecule has 5 nitrogen and oxygen atoms in total. The molecule has 0 bridgehead atoms. The minimum Gasteiger partial charge on any atom is -0.449 e. The average molecular weight is 351 g/mol. The molecule has 0 saturated heterocycles. The summed E-state index contributed by atoms with van der Waals surface area (Å²) in [4.78, 5) is 24.8. The SMILES string of the molecule is Cc1ccc(C)c(NC(=O)[C@@H](C)OC(=O)c2oc3ccccc3c2C)c1. The molecule has 5 heteroatoms. The molecule has 3 rings (SSSR count). The molecule has 0 saturated carbocycles. The Kier molecular flexibility index (Phi) is 4.80. The van der Waals surface area contributed by atoms with Crippen molar-refractivity contribution in [2.24, 2.45) is 0 Å². The summed E-state index contributed by atoms with van der Waals surface area (Å²) < 4.78 is 10.9. The fourth-order valence-corrected chi connectivity index (χ4v) is 2.74. The van der Waals surface area contributed by atoms with Gasteiger partial charge in [-0.25, -0.2) is 4.79 Å². The Labute approximate surface area is 152 Å². The molecule has 0 aliphatic carbocycles. The summed E-state index contributed by atoms with van der Waals surface area (Å²) in [7, 11) is 0. The third kappa shape index (κ3) is 3.47. The molecule has 0 fully saturated rings. The fraction of sp³-hybridized carbons (Fsp3) is 0.238. The van der Waals surface area contributed by atoms with Crippen molar-refractivity contribution in [3.63, 3.8) is 0 Å². The number of fused-ring (bicyclic) bond motifs is 1. The number of para-hydroxylation sites is 1. The first-order valence-corrected chi connectivity index (χ1v) is 8.44. The number of rotatable bonds is 4. The monoisotopic (exact) mass is 351 g/mol. The van der Waals surface area contributed by atoms with Crippen LogP contribution in [0, 0.1) is 20.8 Å². The minimum atomic E-state index is -0.949. The Morgan fingerprint density at radius 2 is 1.81 bits per heavy atom. The van der Waals surface area contributed by atoms with E-state index in [0.29, 0.717) is 16.8 Å². The van der Waals surface area contributed by atoms with Crippen molar-refractivity contribution in [3.8, 4) is 0 Å². The molecule has 0 spiro atoms. The number of amides is 1. The molecule has 1 atom stereocenters. The number of carbonyl (C=O) groups is 2. The van der Waals surface area contributed by atoms with Crippen LogP contribution in [0.3, 0.4) is 0 Å². The topological polar surface area (TPSA) is 68.5 Å². The molecular weight excluding hydrogens is 330 g/mol. The number of anilines is 1. The van der Waals surface area contributed by atoms with Gasteiger partial charge in [-0.1, -0.05) is 30.3 Å². The Morgan fingerprint density at radius 3 is 2.54 bits per heavy atom. The van der Waals surface area contributed by atoms with Crippen LogP contribution in [0.25, 0.3) is 11.0 Å². The maximum Gasteiger partial charge on any atom is 0.375 e.